The first-order valence-corrected chi connectivity index (χ1v) is 7.23. The van der Waals surface area contributed by atoms with Gasteiger partial charge in [-0.15, -0.1) is 0 Å². The largest absolute Gasteiger partial charge is 0.314 e. The van der Waals surface area contributed by atoms with Crippen LogP contribution in [0.1, 0.15) is 52.4 Å². The molecule has 0 radical (unpaired) electrons. The summed E-state index contributed by atoms with van der Waals surface area (Å²) in [6.45, 7) is 8.55. The molecule has 0 aromatic carbocycles. The highest BCUT2D eigenvalue weighted by atomic mass is 15.2. The summed E-state index contributed by atoms with van der Waals surface area (Å²) < 4.78 is 0. The van der Waals surface area contributed by atoms with E-state index < -0.39 is 0 Å². The second kappa shape index (κ2) is 6.02. The van der Waals surface area contributed by atoms with Gasteiger partial charge in [0.2, 0.25) is 0 Å². The third-order valence-electron chi connectivity index (χ3n) is 3.84. The summed E-state index contributed by atoms with van der Waals surface area (Å²) >= 11 is 0. The summed E-state index contributed by atoms with van der Waals surface area (Å²) in [5, 5.41) is 3.66. The number of piperidine rings is 1. The maximum atomic E-state index is 3.66. The zero-order valence-electron chi connectivity index (χ0n) is 11.0. The van der Waals surface area contributed by atoms with Gasteiger partial charge >= 0.3 is 0 Å². The molecule has 0 aromatic rings. The molecule has 2 nitrogen and oxygen atoms in total. The quantitative estimate of drug-likeness (QED) is 0.746. The molecule has 1 heterocycles. The van der Waals surface area contributed by atoms with Crippen LogP contribution in [0.2, 0.25) is 0 Å². The summed E-state index contributed by atoms with van der Waals surface area (Å²) in [4.78, 5) is 2.74. The number of nitrogens with zero attached hydrogens (tertiary/aromatic N) is 1. The summed E-state index contributed by atoms with van der Waals surface area (Å²) in [5.74, 6) is 0.819. The van der Waals surface area contributed by atoms with Crippen LogP contribution < -0.4 is 5.32 Å². The van der Waals surface area contributed by atoms with Crippen molar-refractivity contribution in [1.82, 2.24) is 10.2 Å². The first-order valence-electron chi connectivity index (χ1n) is 7.23. The van der Waals surface area contributed by atoms with Gasteiger partial charge < -0.3 is 10.2 Å². The lowest BCUT2D eigenvalue weighted by molar-refractivity contribution is 0.215. The van der Waals surface area contributed by atoms with Crippen LogP contribution in [0.15, 0.2) is 0 Å². The molecule has 2 aliphatic rings. The summed E-state index contributed by atoms with van der Waals surface area (Å²) in [6, 6.07) is 1.74. The minimum Gasteiger partial charge on any atom is -0.314 e. The van der Waals surface area contributed by atoms with E-state index in [-0.39, 0.29) is 0 Å². The molecule has 0 amide bonds. The third kappa shape index (κ3) is 4.06. The second-order valence-corrected chi connectivity index (χ2v) is 6.06. The number of hydrogen-bond donors (Lipinski definition) is 1. The molecule has 1 aliphatic carbocycles. The normalized spacial score (nSPS) is 26.6. The highest BCUT2D eigenvalue weighted by molar-refractivity contribution is 4.86. The Hall–Kier alpha value is -0.0800. The fourth-order valence-electron chi connectivity index (χ4n) is 2.82. The van der Waals surface area contributed by atoms with Crippen molar-refractivity contribution in [3.63, 3.8) is 0 Å². The fourth-order valence-corrected chi connectivity index (χ4v) is 2.82. The summed E-state index contributed by atoms with van der Waals surface area (Å²) in [7, 11) is 0. The Morgan fingerprint density at radius 3 is 2.56 bits per heavy atom. The molecule has 1 N–H and O–H groups in total. The van der Waals surface area contributed by atoms with Gasteiger partial charge in [0.1, 0.15) is 0 Å². The monoisotopic (exact) mass is 224 g/mol. The zero-order valence-corrected chi connectivity index (χ0v) is 11.0. The Morgan fingerprint density at radius 1 is 1.19 bits per heavy atom. The molecule has 2 heteroatoms. The van der Waals surface area contributed by atoms with E-state index in [2.05, 4.69) is 24.1 Å². The lowest BCUT2D eigenvalue weighted by Crippen LogP contribution is -2.39. The van der Waals surface area contributed by atoms with Gasteiger partial charge in [-0.1, -0.05) is 20.3 Å². The Bertz CT molecular complexity index is 193. The van der Waals surface area contributed by atoms with Gasteiger partial charge in [-0.05, 0) is 51.1 Å². The van der Waals surface area contributed by atoms with Crippen molar-refractivity contribution < 1.29 is 0 Å². The molecule has 1 saturated carbocycles. The van der Waals surface area contributed by atoms with Crippen LogP contribution in [0.3, 0.4) is 0 Å². The van der Waals surface area contributed by atoms with Crippen LogP contribution in [-0.2, 0) is 0 Å². The van der Waals surface area contributed by atoms with Gasteiger partial charge in [-0.2, -0.15) is 0 Å². The van der Waals surface area contributed by atoms with Crippen molar-refractivity contribution in [3.05, 3.63) is 0 Å². The number of rotatable bonds is 6. The molecule has 0 aromatic heterocycles. The molecular weight excluding hydrogens is 196 g/mol. The molecule has 1 saturated heterocycles. The van der Waals surface area contributed by atoms with Gasteiger partial charge in [0.25, 0.3) is 0 Å². The van der Waals surface area contributed by atoms with Crippen LogP contribution in [0.25, 0.3) is 0 Å². The molecule has 16 heavy (non-hydrogen) atoms. The Kier molecular flexibility index (Phi) is 4.66. The minimum atomic E-state index is 0.808. The predicted octanol–water partition coefficient (Wildman–Crippen LogP) is 2.64. The topological polar surface area (TPSA) is 15.3 Å². The van der Waals surface area contributed by atoms with Crippen molar-refractivity contribution in [3.8, 4) is 0 Å². The summed E-state index contributed by atoms with van der Waals surface area (Å²) in [5.41, 5.74) is 0. The van der Waals surface area contributed by atoms with E-state index in [4.69, 9.17) is 0 Å². The standard InChI is InChI=1S/C14H28N2/c1-12(2)11-16(14-6-7-14)10-8-13-5-3-4-9-15-13/h12-15H,3-11H2,1-2H3. The second-order valence-electron chi connectivity index (χ2n) is 6.06. The van der Waals surface area contributed by atoms with Gasteiger partial charge in [0.15, 0.2) is 0 Å². The average molecular weight is 224 g/mol. The molecule has 1 aliphatic heterocycles. The molecule has 2 rings (SSSR count). The highest BCUT2D eigenvalue weighted by Gasteiger charge is 2.29. The van der Waals surface area contributed by atoms with Crippen LogP contribution in [-0.4, -0.2) is 36.6 Å². The van der Waals surface area contributed by atoms with E-state index in [0.717, 1.165) is 18.0 Å². The first kappa shape index (κ1) is 12.4. The molecule has 1 atom stereocenters. The molecule has 0 spiro atoms. The fraction of sp³-hybridized carbons (Fsp3) is 1.00. The van der Waals surface area contributed by atoms with Gasteiger partial charge in [-0.25, -0.2) is 0 Å². The number of nitrogens with one attached hydrogen (secondary N) is 1. The number of hydrogen-bond acceptors (Lipinski definition) is 2. The maximum Gasteiger partial charge on any atom is 0.00965 e. The van der Waals surface area contributed by atoms with Crippen molar-refractivity contribution >= 4 is 0 Å². The van der Waals surface area contributed by atoms with Crippen LogP contribution >= 0.6 is 0 Å². The van der Waals surface area contributed by atoms with E-state index >= 15 is 0 Å². The van der Waals surface area contributed by atoms with Crippen LogP contribution in [0.5, 0.6) is 0 Å². The minimum absolute atomic E-state index is 0.808. The van der Waals surface area contributed by atoms with E-state index in [1.165, 1.54) is 58.2 Å². The molecule has 2 fully saturated rings. The lowest BCUT2D eigenvalue weighted by Gasteiger charge is -2.28. The van der Waals surface area contributed by atoms with E-state index in [0.29, 0.717) is 0 Å². The van der Waals surface area contributed by atoms with Crippen molar-refractivity contribution in [2.75, 3.05) is 19.6 Å². The van der Waals surface area contributed by atoms with E-state index in [1.807, 2.05) is 0 Å². The molecule has 0 bridgehead atoms. The van der Waals surface area contributed by atoms with Crippen molar-refractivity contribution in [2.45, 2.75) is 64.5 Å². The summed E-state index contributed by atoms with van der Waals surface area (Å²) in [6.07, 6.45) is 8.49. The Balaban J connectivity index is 1.68. The smallest absolute Gasteiger partial charge is 0.00965 e. The van der Waals surface area contributed by atoms with Crippen LogP contribution in [0, 0.1) is 5.92 Å². The SMILES string of the molecule is CC(C)CN(CCC1CCCCN1)C1CC1. The van der Waals surface area contributed by atoms with E-state index in [9.17, 15) is 0 Å². The van der Waals surface area contributed by atoms with Crippen molar-refractivity contribution in [2.24, 2.45) is 5.92 Å². The Morgan fingerprint density at radius 2 is 2.00 bits per heavy atom. The predicted molar refractivity (Wildman–Crippen MR) is 69.7 cm³/mol. The molecule has 1 unspecified atom stereocenters. The first-order chi connectivity index (χ1) is 7.75. The van der Waals surface area contributed by atoms with Crippen LogP contribution in [0.4, 0.5) is 0 Å². The Labute approximate surface area is 101 Å². The maximum absolute atomic E-state index is 3.66. The van der Waals surface area contributed by atoms with Gasteiger partial charge in [-0.3, -0.25) is 0 Å². The lowest BCUT2D eigenvalue weighted by atomic mass is 10.0. The highest BCUT2D eigenvalue weighted by Crippen LogP contribution is 2.28. The van der Waals surface area contributed by atoms with Gasteiger partial charge in [0, 0.05) is 18.6 Å². The van der Waals surface area contributed by atoms with E-state index in [1.54, 1.807) is 0 Å². The molecular formula is C14H28N2. The van der Waals surface area contributed by atoms with Crippen molar-refractivity contribution in [1.29, 1.82) is 0 Å². The molecule has 94 valence electrons. The average Bonchev–Trinajstić information content (AvgIpc) is 3.09. The van der Waals surface area contributed by atoms with Gasteiger partial charge in [0.05, 0.1) is 0 Å². The zero-order chi connectivity index (χ0) is 11.4. The third-order valence-corrected chi connectivity index (χ3v) is 3.84.